The van der Waals surface area contributed by atoms with Crippen LogP contribution < -0.4 is 16.0 Å². The van der Waals surface area contributed by atoms with Crippen molar-refractivity contribution in [2.45, 2.75) is 12.8 Å². The Bertz CT molecular complexity index is 761. The largest absolute Gasteiger partial charge is 0.393 e. The van der Waals surface area contributed by atoms with E-state index in [-0.39, 0.29) is 0 Å². The summed E-state index contributed by atoms with van der Waals surface area (Å²) in [5.41, 5.74) is 7.42. The second kappa shape index (κ2) is 8.70. The average molecular weight is 386 g/mol. The summed E-state index contributed by atoms with van der Waals surface area (Å²) in [6, 6.07) is 11.8. The Balaban J connectivity index is 2.27. The molecule has 0 atom stereocenters. The van der Waals surface area contributed by atoms with Crippen molar-refractivity contribution in [1.82, 2.24) is 9.97 Å². The monoisotopic (exact) mass is 385 g/mol. The van der Waals surface area contributed by atoms with Crippen molar-refractivity contribution in [3.8, 4) is 12.1 Å². The lowest BCUT2D eigenvalue weighted by molar-refractivity contribution is 0.782. The lowest BCUT2D eigenvalue weighted by atomic mass is 10.3. The maximum atomic E-state index is 8.81. The molecule has 3 N–H and O–H groups in total. The van der Waals surface area contributed by atoms with Crippen molar-refractivity contribution in [3.63, 3.8) is 0 Å². The molecule has 0 amide bonds. The molecule has 0 saturated heterocycles. The van der Waals surface area contributed by atoms with Crippen LogP contribution in [-0.4, -0.2) is 23.1 Å². The molecule has 0 aliphatic heterocycles. The molecule has 2 rings (SSSR count). The van der Waals surface area contributed by atoms with Crippen LogP contribution in [0.2, 0.25) is 0 Å². The van der Waals surface area contributed by atoms with Gasteiger partial charge < -0.3 is 16.0 Å². The van der Waals surface area contributed by atoms with Crippen molar-refractivity contribution in [2.24, 2.45) is 0 Å². The summed E-state index contributed by atoms with van der Waals surface area (Å²) in [4.78, 5) is 10.2. The number of nitrogens with zero attached hydrogens (tertiary/aromatic N) is 5. The zero-order chi connectivity index (χ0) is 17.4. The first-order valence-corrected chi connectivity index (χ1v) is 8.07. The Labute approximate surface area is 148 Å². The minimum atomic E-state index is 0.323. The number of benzene rings is 1. The number of nitriles is 2. The van der Waals surface area contributed by atoms with Crippen molar-refractivity contribution in [3.05, 3.63) is 35.1 Å². The topological polar surface area (TPSA) is 115 Å². The van der Waals surface area contributed by atoms with Gasteiger partial charge >= 0.3 is 0 Å². The molecule has 0 bridgehead atoms. The van der Waals surface area contributed by atoms with E-state index < -0.39 is 0 Å². The molecule has 1 aromatic carbocycles. The predicted octanol–water partition coefficient (Wildman–Crippen LogP) is 3.20. The van der Waals surface area contributed by atoms with Crippen LogP contribution in [0.25, 0.3) is 0 Å². The third kappa shape index (κ3) is 4.58. The summed E-state index contributed by atoms with van der Waals surface area (Å²) in [5.74, 6) is 1.00. The molecule has 2 aromatic rings. The van der Waals surface area contributed by atoms with E-state index in [0.29, 0.717) is 43.3 Å². The fourth-order valence-electron chi connectivity index (χ4n) is 2.13. The molecule has 0 unspecified atom stereocenters. The summed E-state index contributed by atoms with van der Waals surface area (Å²) >= 11 is 3.42. The summed E-state index contributed by atoms with van der Waals surface area (Å²) in [6.45, 7) is 0.908. The molecule has 8 heteroatoms. The van der Waals surface area contributed by atoms with Gasteiger partial charge in [0.05, 0.1) is 25.0 Å². The Hall–Kier alpha value is -2.84. The van der Waals surface area contributed by atoms with Gasteiger partial charge in [0.2, 0.25) is 0 Å². The van der Waals surface area contributed by atoms with E-state index >= 15 is 0 Å². The van der Waals surface area contributed by atoms with Gasteiger partial charge in [-0.15, -0.1) is 0 Å². The molecule has 0 aliphatic rings. The van der Waals surface area contributed by atoms with Gasteiger partial charge in [-0.25, -0.2) is 9.97 Å². The van der Waals surface area contributed by atoms with Gasteiger partial charge in [0.1, 0.15) is 12.0 Å². The zero-order valence-corrected chi connectivity index (χ0v) is 14.5. The van der Waals surface area contributed by atoms with E-state index in [2.05, 4.69) is 43.4 Å². The third-order valence-electron chi connectivity index (χ3n) is 3.24. The molecule has 1 aromatic heterocycles. The molecule has 24 heavy (non-hydrogen) atoms. The molecule has 0 saturated carbocycles. The number of rotatable bonds is 7. The minimum absolute atomic E-state index is 0.323. The lowest BCUT2D eigenvalue weighted by Gasteiger charge is -2.23. The first-order chi connectivity index (χ1) is 11.7. The van der Waals surface area contributed by atoms with E-state index in [1.165, 1.54) is 6.33 Å². The van der Waals surface area contributed by atoms with Gasteiger partial charge in [0.15, 0.2) is 11.6 Å². The fourth-order valence-corrected chi connectivity index (χ4v) is 2.53. The molecule has 0 fully saturated rings. The number of hydrogen-bond acceptors (Lipinski definition) is 7. The SMILES string of the molecule is N#CCCN(CCC#N)c1ncnc(Nc2cccc(Br)c2)c1N. The Kier molecular flexibility index (Phi) is 6.35. The maximum Gasteiger partial charge on any atom is 0.159 e. The quantitative estimate of drug-likeness (QED) is 0.751. The molecule has 1 heterocycles. The minimum Gasteiger partial charge on any atom is -0.393 e. The highest BCUT2D eigenvalue weighted by molar-refractivity contribution is 9.10. The number of aromatic nitrogens is 2. The van der Waals surface area contributed by atoms with Crippen LogP contribution >= 0.6 is 15.9 Å². The van der Waals surface area contributed by atoms with Crippen LogP contribution in [0.3, 0.4) is 0 Å². The summed E-state index contributed by atoms with van der Waals surface area (Å²) in [7, 11) is 0. The molecule has 122 valence electrons. The standard InChI is InChI=1S/C16H16BrN7/c17-12-4-1-5-13(10-12)23-15-14(20)16(22-11-21-15)24(8-2-6-18)9-3-7-19/h1,4-5,10-11H,2-3,8-9,20H2,(H,21,22,23). The zero-order valence-electron chi connectivity index (χ0n) is 12.9. The van der Waals surface area contributed by atoms with Crippen molar-refractivity contribution >= 4 is 38.9 Å². The lowest BCUT2D eigenvalue weighted by Crippen LogP contribution is -2.27. The first-order valence-electron chi connectivity index (χ1n) is 7.27. The molecule has 0 aliphatic carbocycles. The molecular formula is C16H16BrN7. The maximum absolute atomic E-state index is 8.81. The first kappa shape index (κ1) is 17.5. The third-order valence-corrected chi connectivity index (χ3v) is 3.73. The van der Waals surface area contributed by atoms with Crippen LogP contribution in [0.4, 0.5) is 23.0 Å². The van der Waals surface area contributed by atoms with Crippen LogP contribution in [0.5, 0.6) is 0 Å². The second-order valence-electron chi connectivity index (χ2n) is 4.90. The van der Waals surface area contributed by atoms with E-state index in [4.69, 9.17) is 16.3 Å². The number of anilines is 4. The highest BCUT2D eigenvalue weighted by atomic mass is 79.9. The van der Waals surface area contributed by atoms with Gasteiger partial charge in [0, 0.05) is 23.2 Å². The van der Waals surface area contributed by atoms with Crippen LogP contribution in [0, 0.1) is 22.7 Å². The van der Waals surface area contributed by atoms with E-state index in [1.54, 1.807) is 0 Å². The van der Waals surface area contributed by atoms with Gasteiger partial charge in [-0.1, -0.05) is 22.0 Å². The van der Waals surface area contributed by atoms with Gasteiger partial charge in [-0.05, 0) is 18.2 Å². The van der Waals surface area contributed by atoms with Gasteiger partial charge in [-0.2, -0.15) is 10.5 Å². The molecular weight excluding hydrogens is 370 g/mol. The molecule has 7 nitrogen and oxygen atoms in total. The number of nitrogens with two attached hydrogens (primary N) is 1. The van der Waals surface area contributed by atoms with Crippen molar-refractivity contribution in [1.29, 1.82) is 10.5 Å². The highest BCUT2D eigenvalue weighted by Crippen LogP contribution is 2.29. The summed E-state index contributed by atoms with van der Waals surface area (Å²) in [5, 5.41) is 20.8. The molecule has 0 spiro atoms. The number of nitrogen functional groups attached to an aromatic ring is 1. The van der Waals surface area contributed by atoms with Crippen molar-refractivity contribution < 1.29 is 0 Å². The summed E-state index contributed by atoms with van der Waals surface area (Å²) < 4.78 is 0.935. The van der Waals surface area contributed by atoms with Crippen LogP contribution in [-0.2, 0) is 0 Å². The van der Waals surface area contributed by atoms with Crippen molar-refractivity contribution in [2.75, 3.05) is 29.0 Å². The Morgan fingerprint density at radius 2 is 1.88 bits per heavy atom. The number of nitrogens with one attached hydrogen (secondary N) is 1. The smallest absolute Gasteiger partial charge is 0.159 e. The Morgan fingerprint density at radius 1 is 1.17 bits per heavy atom. The fraction of sp³-hybridized carbons (Fsp3) is 0.250. The van der Waals surface area contributed by atoms with E-state index in [0.717, 1.165) is 10.2 Å². The van der Waals surface area contributed by atoms with Crippen LogP contribution in [0.15, 0.2) is 35.1 Å². The molecule has 0 radical (unpaired) electrons. The van der Waals surface area contributed by atoms with E-state index in [9.17, 15) is 0 Å². The van der Waals surface area contributed by atoms with Gasteiger partial charge in [-0.3, -0.25) is 0 Å². The second-order valence-corrected chi connectivity index (χ2v) is 5.81. The number of hydrogen-bond donors (Lipinski definition) is 2. The average Bonchev–Trinajstić information content (AvgIpc) is 2.57. The normalized spacial score (nSPS) is 9.79. The summed E-state index contributed by atoms with van der Waals surface area (Å²) in [6.07, 6.45) is 2.06. The van der Waals surface area contributed by atoms with Gasteiger partial charge in [0.25, 0.3) is 0 Å². The van der Waals surface area contributed by atoms with E-state index in [1.807, 2.05) is 29.2 Å². The predicted molar refractivity (Wildman–Crippen MR) is 96.5 cm³/mol. The highest BCUT2D eigenvalue weighted by Gasteiger charge is 2.15. The number of halogens is 1. The Morgan fingerprint density at radius 3 is 2.50 bits per heavy atom. The van der Waals surface area contributed by atoms with Crippen LogP contribution in [0.1, 0.15) is 12.8 Å².